The third-order valence-corrected chi connectivity index (χ3v) is 3.60. The minimum Gasteiger partial charge on any atom is -0.308 e. The lowest BCUT2D eigenvalue weighted by atomic mass is 9.99. The highest BCUT2D eigenvalue weighted by Gasteiger charge is 2.21. The molecule has 0 atom stereocenters. The summed E-state index contributed by atoms with van der Waals surface area (Å²) in [7, 11) is 0. The van der Waals surface area contributed by atoms with Gasteiger partial charge in [0.15, 0.2) is 0 Å². The molecule has 2 heterocycles. The molecule has 0 fully saturated rings. The topological polar surface area (TPSA) is 12.0 Å². The van der Waals surface area contributed by atoms with Crippen molar-refractivity contribution in [2.45, 2.75) is 38.8 Å². The molecule has 0 aromatic carbocycles. The van der Waals surface area contributed by atoms with E-state index < -0.39 is 0 Å². The van der Waals surface area contributed by atoms with Crippen LogP contribution in [0.4, 0.5) is 0 Å². The van der Waals surface area contributed by atoms with Crippen LogP contribution in [0.15, 0.2) is 11.4 Å². The molecule has 1 nitrogen and oxygen atoms in total. The zero-order chi connectivity index (χ0) is 8.60. The Morgan fingerprint density at radius 2 is 2.23 bits per heavy atom. The molecule has 0 spiro atoms. The fourth-order valence-electron chi connectivity index (χ4n) is 1.59. The molecule has 1 aromatic heterocycles. The summed E-state index contributed by atoms with van der Waals surface area (Å²) in [5, 5.41) is 5.77. The van der Waals surface area contributed by atoms with Crippen molar-refractivity contribution in [1.82, 2.24) is 5.32 Å². The molecular formula is C10H16ClNS. The van der Waals surface area contributed by atoms with Crippen LogP contribution in [0.25, 0.3) is 0 Å². The zero-order valence-corrected chi connectivity index (χ0v) is 9.73. The summed E-state index contributed by atoms with van der Waals surface area (Å²) >= 11 is 1.90. The largest absolute Gasteiger partial charge is 0.308 e. The number of fused-ring (bicyclic) bond motifs is 1. The van der Waals surface area contributed by atoms with Gasteiger partial charge in [0.25, 0.3) is 0 Å². The highest BCUT2D eigenvalue weighted by atomic mass is 35.5. The van der Waals surface area contributed by atoms with Crippen LogP contribution in [0.5, 0.6) is 0 Å². The Morgan fingerprint density at radius 1 is 1.46 bits per heavy atom. The quantitative estimate of drug-likeness (QED) is 0.705. The summed E-state index contributed by atoms with van der Waals surface area (Å²) in [6.07, 6.45) is 2.49. The molecule has 1 aliphatic heterocycles. The first-order valence-corrected chi connectivity index (χ1v) is 5.36. The molecular weight excluding hydrogens is 202 g/mol. The lowest BCUT2D eigenvalue weighted by Gasteiger charge is -2.23. The smallest absolute Gasteiger partial charge is 0.0221 e. The van der Waals surface area contributed by atoms with Gasteiger partial charge >= 0.3 is 0 Å². The van der Waals surface area contributed by atoms with Gasteiger partial charge in [-0.15, -0.1) is 23.7 Å². The summed E-state index contributed by atoms with van der Waals surface area (Å²) in [6.45, 7) is 5.61. The summed E-state index contributed by atoms with van der Waals surface area (Å²) in [5.74, 6) is 0. The Morgan fingerprint density at radius 3 is 3.00 bits per heavy atom. The molecule has 2 rings (SSSR count). The van der Waals surface area contributed by atoms with Crippen molar-refractivity contribution < 1.29 is 0 Å². The molecule has 0 saturated heterocycles. The van der Waals surface area contributed by atoms with Crippen LogP contribution >= 0.6 is 23.7 Å². The summed E-state index contributed by atoms with van der Waals surface area (Å²) in [6, 6.07) is 2.24. The van der Waals surface area contributed by atoms with Gasteiger partial charge in [-0.2, -0.15) is 0 Å². The van der Waals surface area contributed by atoms with Crippen LogP contribution in [0.3, 0.4) is 0 Å². The van der Waals surface area contributed by atoms with Crippen molar-refractivity contribution in [3.63, 3.8) is 0 Å². The van der Waals surface area contributed by atoms with Gasteiger partial charge in [0.05, 0.1) is 0 Å². The average molecular weight is 218 g/mol. The first kappa shape index (κ1) is 11.0. The summed E-state index contributed by atoms with van der Waals surface area (Å²) in [4.78, 5) is 1.58. The Bertz CT molecular complexity index is 256. The van der Waals surface area contributed by atoms with E-state index >= 15 is 0 Å². The van der Waals surface area contributed by atoms with E-state index in [1.165, 1.54) is 18.4 Å². The zero-order valence-electron chi connectivity index (χ0n) is 8.09. The summed E-state index contributed by atoms with van der Waals surface area (Å²) in [5.41, 5.74) is 1.82. The Hall–Kier alpha value is -0.0500. The minimum atomic E-state index is 0. The lowest BCUT2D eigenvalue weighted by Crippen LogP contribution is -2.37. The van der Waals surface area contributed by atoms with E-state index in [1.807, 2.05) is 11.3 Å². The van der Waals surface area contributed by atoms with Crippen molar-refractivity contribution in [2.75, 3.05) is 0 Å². The molecule has 74 valence electrons. The van der Waals surface area contributed by atoms with E-state index in [0.29, 0.717) is 5.54 Å². The average Bonchev–Trinajstić information content (AvgIpc) is 2.40. The number of hydrogen-bond donors (Lipinski definition) is 1. The number of halogens is 1. The molecule has 3 heteroatoms. The standard InChI is InChI=1S/C10H15NS.ClH/c1-10(2)5-3-9-8(7-11-10)4-6-12-9;/h4,6,11H,3,5,7H2,1-2H3;1H. The molecule has 0 radical (unpaired) electrons. The van der Waals surface area contributed by atoms with Gasteiger partial charge < -0.3 is 5.32 Å². The third-order valence-electron chi connectivity index (χ3n) is 2.57. The van der Waals surface area contributed by atoms with Crippen molar-refractivity contribution >= 4 is 23.7 Å². The second kappa shape index (κ2) is 3.99. The van der Waals surface area contributed by atoms with Crippen LogP contribution in [0.1, 0.15) is 30.7 Å². The number of nitrogens with one attached hydrogen (secondary N) is 1. The SMILES string of the molecule is CC1(C)CCc2sccc2CN1.Cl. The van der Waals surface area contributed by atoms with E-state index in [1.54, 1.807) is 4.88 Å². The fraction of sp³-hybridized carbons (Fsp3) is 0.600. The van der Waals surface area contributed by atoms with Gasteiger partial charge in [-0.25, -0.2) is 0 Å². The van der Waals surface area contributed by atoms with Crippen molar-refractivity contribution in [2.24, 2.45) is 0 Å². The predicted octanol–water partition coefficient (Wildman–Crippen LogP) is 2.98. The van der Waals surface area contributed by atoms with E-state index in [-0.39, 0.29) is 12.4 Å². The normalized spacial score (nSPS) is 19.8. The molecule has 1 N–H and O–H groups in total. The monoisotopic (exact) mass is 217 g/mol. The Balaban J connectivity index is 0.000000845. The van der Waals surface area contributed by atoms with Gasteiger partial charge in [0, 0.05) is 17.0 Å². The number of aryl methyl sites for hydroxylation is 1. The number of thiophene rings is 1. The maximum absolute atomic E-state index is 3.57. The van der Waals surface area contributed by atoms with Crippen molar-refractivity contribution in [3.05, 3.63) is 21.9 Å². The maximum atomic E-state index is 3.57. The predicted molar refractivity (Wildman–Crippen MR) is 60.8 cm³/mol. The fourth-order valence-corrected chi connectivity index (χ4v) is 2.50. The molecule has 13 heavy (non-hydrogen) atoms. The second-order valence-electron chi connectivity index (χ2n) is 4.11. The third kappa shape index (κ3) is 2.46. The van der Waals surface area contributed by atoms with E-state index in [0.717, 1.165) is 6.54 Å². The molecule has 0 aliphatic carbocycles. The Labute approximate surface area is 90.0 Å². The van der Waals surface area contributed by atoms with Crippen LogP contribution in [0, 0.1) is 0 Å². The molecule has 0 amide bonds. The maximum Gasteiger partial charge on any atom is 0.0221 e. The van der Waals surface area contributed by atoms with Crippen LogP contribution in [-0.4, -0.2) is 5.54 Å². The molecule has 1 aromatic rings. The molecule has 0 unspecified atom stereocenters. The summed E-state index contributed by atoms with van der Waals surface area (Å²) < 4.78 is 0. The second-order valence-corrected chi connectivity index (χ2v) is 5.11. The van der Waals surface area contributed by atoms with Gasteiger partial charge in [-0.1, -0.05) is 0 Å². The first-order chi connectivity index (χ1) is 5.67. The van der Waals surface area contributed by atoms with Crippen molar-refractivity contribution in [1.29, 1.82) is 0 Å². The van der Waals surface area contributed by atoms with Gasteiger partial charge in [-0.05, 0) is 43.7 Å². The molecule has 0 bridgehead atoms. The Kier molecular flexibility index (Phi) is 3.38. The highest BCUT2D eigenvalue weighted by Crippen LogP contribution is 2.25. The first-order valence-electron chi connectivity index (χ1n) is 4.48. The van der Waals surface area contributed by atoms with Crippen LogP contribution < -0.4 is 5.32 Å². The van der Waals surface area contributed by atoms with Crippen LogP contribution in [0.2, 0.25) is 0 Å². The van der Waals surface area contributed by atoms with Gasteiger partial charge in [-0.3, -0.25) is 0 Å². The van der Waals surface area contributed by atoms with Crippen LogP contribution in [-0.2, 0) is 13.0 Å². The molecule has 0 saturated carbocycles. The van der Waals surface area contributed by atoms with Gasteiger partial charge in [0.1, 0.15) is 0 Å². The number of hydrogen-bond acceptors (Lipinski definition) is 2. The van der Waals surface area contributed by atoms with E-state index in [4.69, 9.17) is 0 Å². The lowest BCUT2D eigenvalue weighted by molar-refractivity contribution is 0.372. The molecule has 1 aliphatic rings. The van der Waals surface area contributed by atoms with E-state index in [2.05, 4.69) is 30.6 Å². The highest BCUT2D eigenvalue weighted by molar-refractivity contribution is 7.10. The number of rotatable bonds is 0. The minimum absolute atomic E-state index is 0. The van der Waals surface area contributed by atoms with Gasteiger partial charge in [0.2, 0.25) is 0 Å². The van der Waals surface area contributed by atoms with Crippen molar-refractivity contribution in [3.8, 4) is 0 Å². The van der Waals surface area contributed by atoms with E-state index in [9.17, 15) is 0 Å².